The summed E-state index contributed by atoms with van der Waals surface area (Å²) in [5, 5.41) is 4.14. The van der Waals surface area contributed by atoms with Gasteiger partial charge in [-0.1, -0.05) is 0 Å². The van der Waals surface area contributed by atoms with E-state index in [1.165, 1.54) is 0 Å². The fraction of sp³-hybridized carbons (Fsp3) is 0.111. The zero-order valence-electron chi connectivity index (χ0n) is 6.81. The summed E-state index contributed by atoms with van der Waals surface area (Å²) >= 11 is 0. The molecule has 2 rings (SSSR count). The van der Waals surface area contributed by atoms with E-state index in [9.17, 15) is 0 Å². The van der Waals surface area contributed by atoms with Crippen molar-refractivity contribution in [1.29, 1.82) is 0 Å². The van der Waals surface area contributed by atoms with Crippen LogP contribution in [0.15, 0.2) is 36.9 Å². The number of rotatable bonds is 1. The quantitative estimate of drug-likeness (QED) is 0.632. The summed E-state index contributed by atoms with van der Waals surface area (Å²) in [4.78, 5) is 4.01. The summed E-state index contributed by atoms with van der Waals surface area (Å²) in [5.41, 5.74) is 2.20. The third-order valence-corrected chi connectivity index (χ3v) is 1.74. The second-order valence-corrected chi connectivity index (χ2v) is 2.61. The van der Waals surface area contributed by atoms with Gasteiger partial charge in [-0.2, -0.15) is 5.10 Å². The van der Waals surface area contributed by atoms with E-state index in [1.54, 1.807) is 12.4 Å². The number of hydrogen-bond donors (Lipinski definition) is 0. The minimum absolute atomic E-state index is 1.08. The maximum atomic E-state index is 4.14. The Bertz CT molecular complexity index is 365. The van der Waals surface area contributed by atoms with Crippen molar-refractivity contribution in [2.45, 2.75) is 6.92 Å². The van der Waals surface area contributed by atoms with Gasteiger partial charge in [-0.15, -0.1) is 0 Å². The topological polar surface area (TPSA) is 30.7 Å². The molecule has 12 heavy (non-hydrogen) atoms. The van der Waals surface area contributed by atoms with Crippen LogP contribution in [0.2, 0.25) is 0 Å². The molecule has 0 N–H and O–H groups in total. The minimum atomic E-state index is 1.08. The lowest BCUT2D eigenvalue weighted by Crippen LogP contribution is -1.96. The van der Waals surface area contributed by atoms with E-state index in [0.717, 1.165) is 11.3 Å². The Balaban J connectivity index is 2.55. The van der Waals surface area contributed by atoms with E-state index in [4.69, 9.17) is 0 Å². The molecule has 3 heteroatoms. The molecule has 2 aromatic heterocycles. The third-order valence-electron chi connectivity index (χ3n) is 1.74. The first-order valence-electron chi connectivity index (χ1n) is 3.78. The maximum absolute atomic E-state index is 4.14. The lowest BCUT2D eigenvalue weighted by Gasteiger charge is -2.02. The molecule has 0 bridgehead atoms. The van der Waals surface area contributed by atoms with Gasteiger partial charge >= 0.3 is 0 Å². The summed E-state index contributed by atoms with van der Waals surface area (Å²) in [6.45, 7) is 2.02. The molecule has 0 radical (unpaired) electrons. The van der Waals surface area contributed by atoms with Gasteiger partial charge in [0.25, 0.3) is 0 Å². The summed E-state index contributed by atoms with van der Waals surface area (Å²) in [7, 11) is 0. The fourth-order valence-electron chi connectivity index (χ4n) is 1.13. The Morgan fingerprint density at radius 3 is 2.92 bits per heavy atom. The first-order valence-corrected chi connectivity index (χ1v) is 3.78. The number of aryl methyl sites for hydroxylation is 1. The Hall–Kier alpha value is -1.64. The molecule has 0 aromatic carbocycles. The largest absolute Gasteiger partial charge is 0.264 e. The molecular formula is C9H9N3. The minimum Gasteiger partial charge on any atom is -0.264 e. The molecule has 3 nitrogen and oxygen atoms in total. The van der Waals surface area contributed by atoms with Crippen LogP contribution in [-0.4, -0.2) is 14.8 Å². The predicted octanol–water partition coefficient (Wildman–Crippen LogP) is 1.58. The van der Waals surface area contributed by atoms with Crippen molar-refractivity contribution in [1.82, 2.24) is 14.8 Å². The molecule has 0 amide bonds. The van der Waals surface area contributed by atoms with Gasteiger partial charge in [0.1, 0.15) is 0 Å². The molecule has 0 unspecified atom stereocenters. The van der Waals surface area contributed by atoms with Crippen molar-refractivity contribution in [2.24, 2.45) is 0 Å². The third kappa shape index (κ3) is 1.09. The zero-order chi connectivity index (χ0) is 8.39. The van der Waals surface area contributed by atoms with Crippen LogP contribution in [0.3, 0.4) is 0 Å². The standard InChI is InChI=1S/C9H9N3/c1-8-7-10-5-3-9(8)12-6-2-4-11-12/h2-7H,1H3. The summed E-state index contributed by atoms with van der Waals surface area (Å²) < 4.78 is 1.83. The molecule has 60 valence electrons. The molecule has 0 saturated carbocycles. The molecular weight excluding hydrogens is 150 g/mol. The van der Waals surface area contributed by atoms with E-state index >= 15 is 0 Å². The first kappa shape index (κ1) is 7.03. The van der Waals surface area contributed by atoms with E-state index in [-0.39, 0.29) is 0 Å². The van der Waals surface area contributed by atoms with Gasteiger partial charge in [-0.25, -0.2) is 4.68 Å². The predicted molar refractivity (Wildman–Crippen MR) is 46.1 cm³/mol. The Morgan fingerprint density at radius 1 is 1.33 bits per heavy atom. The molecule has 0 spiro atoms. The molecule has 0 aliphatic carbocycles. The molecule has 2 heterocycles. The van der Waals surface area contributed by atoms with Gasteiger partial charge in [0.05, 0.1) is 5.69 Å². The van der Waals surface area contributed by atoms with Crippen LogP contribution in [0.5, 0.6) is 0 Å². The highest BCUT2D eigenvalue weighted by molar-refractivity contribution is 5.36. The van der Waals surface area contributed by atoms with Crippen molar-refractivity contribution in [2.75, 3.05) is 0 Å². The molecule has 0 saturated heterocycles. The van der Waals surface area contributed by atoms with Crippen LogP contribution in [-0.2, 0) is 0 Å². The first-order chi connectivity index (χ1) is 5.88. The molecule has 0 atom stereocenters. The van der Waals surface area contributed by atoms with E-state index in [1.807, 2.05) is 36.1 Å². The Labute approximate surface area is 70.7 Å². The fourth-order valence-corrected chi connectivity index (χ4v) is 1.13. The van der Waals surface area contributed by atoms with Crippen molar-refractivity contribution >= 4 is 0 Å². The van der Waals surface area contributed by atoms with Crippen LogP contribution in [0.4, 0.5) is 0 Å². The highest BCUT2D eigenvalue weighted by Crippen LogP contribution is 2.09. The van der Waals surface area contributed by atoms with Crippen molar-refractivity contribution in [3.8, 4) is 5.69 Å². The van der Waals surface area contributed by atoms with E-state index in [0.29, 0.717) is 0 Å². The van der Waals surface area contributed by atoms with Gasteiger partial charge in [0, 0.05) is 24.8 Å². The van der Waals surface area contributed by atoms with Crippen LogP contribution in [0.25, 0.3) is 5.69 Å². The molecule has 0 aliphatic heterocycles. The molecule has 2 aromatic rings. The van der Waals surface area contributed by atoms with Crippen molar-refractivity contribution in [3.63, 3.8) is 0 Å². The summed E-state index contributed by atoms with van der Waals surface area (Å²) in [6, 6.07) is 3.85. The van der Waals surface area contributed by atoms with E-state index in [2.05, 4.69) is 10.1 Å². The molecule has 0 fully saturated rings. The summed E-state index contributed by atoms with van der Waals surface area (Å²) in [6.07, 6.45) is 7.28. The highest BCUT2D eigenvalue weighted by Gasteiger charge is 1.98. The van der Waals surface area contributed by atoms with Gasteiger partial charge in [-0.05, 0) is 24.6 Å². The smallest absolute Gasteiger partial charge is 0.0705 e. The van der Waals surface area contributed by atoms with Gasteiger partial charge in [0.2, 0.25) is 0 Å². The maximum Gasteiger partial charge on any atom is 0.0705 e. The highest BCUT2D eigenvalue weighted by atomic mass is 15.3. The number of pyridine rings is 1. The van der Waals surface area contributed by atoms with Crippen LogP contribution >= 0.6 is 0 Å². The van der Waals surface area contributed by atoms with Crippen LogP contribution < -0.4 is 0 Å². The molecule has 0 aliphatic rings. The second-order valence-electron chi connectivity index (χ2n) is 2.61. The second kappa shape index (κ2) is 2.77. The van der Waals surface area contributed by atoms with Gasteiger partial charge in [-0.3, -0.25) is 4.98 Å². The lowest BCUT2D eigenvalue weighted by molar-refractivity contribution is 0.869. The average molecular weight is 159 g/mol. The van der Waals surface area contributed by atoms with Crippen LogP contribution in [0, 0.1) is 6.92 Å². The monoisotopic (exact) mass is 159 g/mol. The van der Waals surface area contributed by atoms with Gasteiger partial charge < -0.3 is 0 Å². The van der Waals surface area contributed by atoms with Gasteiger partial charge in [0.15, 0.2) is 0 Å². The van der Waals surface area contributed by atoms with Crippen molar-refractivity contribution < 1.29 is 0 Å². The van der Waals surface area contributed by atoms with Crippen molar-refractivity contribution in [3.05, 3.63) is 42.5 Å². The van der Waals surface area contributed by atoms with E-state index < -0.39 is 0 Å². The average Bonchev–Trinajstić information content (AvgIpc) is 2.57. The number of nitrogens with zero attached hydrogens (tertiary/aromatic N) is 3. The Morgan fingerprint density at radius 2 is 2.25 bits per heavy atom. The Kier molecular flexibility index (Phi) is 1.63. The summed E-state index contributed by atoms with van der Waals surface area (Å²) in [5.74, 6) is 0. The number of aromatic nitrogens is 3. The lowest BCUT2D eigenvalue weighted by atomic mass is 10.3. The SMILES string of the molecule is Cc1cnccc1-n1cccn1. The number of hydrogen-bond acceptors (Lipinski definition) is 2. The normalized spacial score (nSPS) is 10.1. The van der Waals surface area contributed by atoms with Crippen LogP contribution in [0.1, 0.15) is 5.56 Å². The zero-order valence-corrected chi connectivity index (χ0v) is 6.81.